The van der Waals surface area contributed by atoms with Crippen LogP contribution in [0.2, 0.25) is 0 Å². The summed E-state index contributed by atoms with van der Waals surface area (Å²) in [6.07, 6.45) is -0.624. The van der Waals surface area contributed by atoms with Gasteiger partial charge in [-0.3, -0.25) is 14.0 Å². The fourth-order valence-corrected chi connectivity index (χ4v) is 3.78. The van der Waals surface area contributed by atoms with Crippen molar-refractivity contribution in [3.8, 4) is 22.6 Å². The van der Waals surface area contributed by atoms with Crippen LogP contribution in [-0.2, 0) is 19.8 Å². The summed E-state index contributed by atoms with van der Waals surface area (Å²) in [4.78, 5) is 17.7. The fraction of sp³-hybridized carbons (Fsp3) is 0.208. The first kappa shape index (κ1) is 23.1. The van der Waals surface area contributed by atoms with Gasteiger partial charge in [-0.1, -0.05) is 12.7 Å². The van der Waals surface area contributed by atoms with E-state index in [0.29, 0.717) is 17.1 Å². The molecule has 34 heavy (non-hydrogen) atoms. The molecule has 0 aliphatic carbocycles. The molecule has 4 aromatic rings. The van der Waals surface area contributed by atoms with Crippen molar-refractivity contribution in [2.75, 3.05) is 14.2 Å². The van der Waals surface area contributed by atoms with Crippen molar-refractivity contribution in [2.24, 2.45) is 7.05 Å². The Morgan fingerprint density at radius 3 is 2.32 bits per heavy atom. The number of aromatic nitrogens is 4. The van der Waals surface area contributed by atoms with Gasteiger partial charge >= 0.3 is 6.18 Å². The van der Waals surface area contributed by atoms with E-state index in [-0.39, 0.29) is 28.6 Å². The van der Waals surface area contributed by atoms with Gasteiger partial charge < -0.3 is 9.47 Å². The van der Waals surface area contributed by atoms with Crippen LogP contribution < -0.4 is 15.0 Å². The maximum absolute atomic E-state index is 13.6. The van der Waals surface area contributed by atoms with Gasteiger partial charge in [0.2, 0.25) is 0 Å². The van der Waals surface area contributed by atoms with Crippen LogP contribution in [0.15, 0.2) is 54.2 Å². The van der Waals surface area contributed by atoms with Crippen LogP contribution in [-0.4, -0.2) is 33.6 Å². The minimum atomic E-state index is -4.67. The van der Waals surface area contributed by atoms with E-state index in [0.717, 1.165) is 10.2 Å². The number of fused-ring (bicyclic) bond motifs is 1. The first-order valence-electron chi connectivity index (χ1n) is 10.1. The summed E-state index contributed by atoms with van der Waals surface area (Å²) in [7, 11) is 4.45. The minimum Gasteiger partial charge on any atom is -0.497 e. The van der Waals surface area contributed by atoms with Crippen molar-refractivity contribution in [2.45, 2.75) is 12.7 Å². The highest BCUT2D eigenvalue weighted by atomic mass is 19.4. The number of rotatable bonds is 6. The normalized spacial score (nSPS) is 11.6. The highest BCUT2D eigenvalue weighted by Gasteiger charge is 2.38. The standard InChI is InChI=1S/C24H21F3N4O3/c1-5-14-8-18(20-12-30(2)29-22(20)24(25,26)27)21-19(9-14)23(32)31(13-28-21)11-15-6-16(33-3)10-17(7-15)34-4/h5-10,12-13H,1,11H2,2-4H3. The molecule has 0 atom stereocenters. The number of aryl methyl sites for hydroxylation is 1. The second kappa shape index (κ2) is 8.69. The van der Waals surface area contributed by atoms with Crippen LogP contribution in [0.3, 0.4) is 0 Å². The van der Waals surface area contributed by atoms with E-state index in [2.05, 4.69) is 16.7 Å². The Hall–Kier alpha value is -4.08. The van der Waals surface area contributed by atoms with Gasteiger partial charge in [0, 0.05) is 30.4 Å². The predicted octanol–water partition coefficient (Wildman–Crippen LogP) is 4.52. The number of nitrogens with zero attached hydrogens (tertiary/aromatic N) is 4. The maximum atomic E-state index is 13.6. The van der Waals surface area contributed by atoms with E-state index in [4.69, 9.17) is 9.47 Å². The van der Waals surface area contributed by atoms with E-state index < -0.39 is 17.4 Å². The lowest BCUT2D eigenvalue weighted by atomic mass is 9.99. The van der Waals surface area contributed by atoms with E-state index in [9.17, 15) is 18.0 Å². The van der Waals surface area contributed by atoms with Crippen LogP contribution in [0.25, 0.3) is 28.1 Å². The molecule has 0 spiro atoms. The molecule has 10 heteroatoms. The van der Waals surface area contributed by atoms with Gasteiger partial charge in [-0.2, -0.15) is 18.3 Å². The number of hydrogen-bond acceptors (Lipinski definition) is 5. The van der Waals surface area contributed by atoms with E-state index in [1.54, 1.807) is 24.3 Å². The lowest BCUT2D eigenvalue weighted by Gasteiger charge is -2.13. The van der Waals surface area contributed by atoms with Crippen LogP contribution in [0.5, 0.6) is 11.5 Å². The van der Waals surface area contributed by atoms with Crippen molar-refractivity contribution < 1.29 is 22.6 Å². The molecule has 7 nitrogen and oxygen atoms in total. The zero-order valence-electron chi connectivity index (χ0n) is 18.7. The molecule has 0 saturated carbocycles. The Kier molecular flexibility index (Phi) is 5.90. The Morgan fingerprint density at radius 2 is 1.74 bits per heavy atom. The third kappa shape index (κ3) is 4.26. The minimum absolute atomic E-state index is 0.147. The monoisotopic (exact) mass is 470 g/mol. The van der Waals surface area contributed by atoms with E-state index in [1.165, 1.54) is 50.5 Å². The molecular formula is C24H21F3N4O3. The van der Waals surface area contributed by atoms with Crippen molar-refractivity contribution in [3.05, 3.63) is 76.6 Å². The molecule has 2 aromatic carbocycles. The third-order valence-corrected chi connectivity index (χ3v) is 5.34. The molecule has 176 valence electrons. The molecule has 0 N–H and O–H groups in total. The summed E-state index contributed by atoms with van der Waals surface area (Å²) in [6, 6.07) is 8.31. The molecule has 2 heterocycles. The summed E-state index contributed by atoms with van der Waals surface area (Å²) >= 11 is 0. The van der Waals surface area contributed by atoms with Gasteiger partial charge in [0.1, 0.15) is 11.5 Å². The van der Waals surface area contributed by atoms with Gasteiger partial charge in [0.25, 0.3) is 5.56 Å². The second-order valence-electron chi connectivity index (χ2n) is 7.63. The molecular weight excluding hydrogens is 449 g/mol. The largest absolute Gasteiger partial charge is 0.497 e. The average Bonchev–Trinajstić information content (AvgIpc) is 3.22. The van der Waals surface area contributed by atoms with Crippen LogP contribution in [0.1, 0.15) is 16.8 Å². The lowest BCUT2D eigenvalue weighted by molar-refractivity contribution is -0.140. The SMILES string of the molecule is C=Cc1cc(-c2cn(C)nc2C(F)(F)F)c2ncn(Cc3cc(OC)cc(OC)c3)c(=O)c2c1. The summed E-state index contributed by atoms with van der Waals surface area (Å²) in [5.74, 6) is 1.12. The summed E-state index contributed by atoms with van der Waals surface area (Å²) in [6.45, 7) is 3.86. The summed E-state index contributed by atoms with van der Waals surface area (Å²) < 4.78 is 53.9. The first-order chi connectivity index (χ1) is 16.1. The highest BCUT2D eigenvalue weighted by molar-refractivity contribution is 5.95. The van der Waals surface area contributed by atoms with Gasteiger partial charge in [-0.05, 0) is 35.4 Å². The quantitative estimate of drug-likeness (QED) is 0.414. The zero-order chi connectivity index (χ0) is 24.6. The molecule has 0 bridgehead atoms. The summed E-state index contributed by atoms with van der Waals surface area (Å²) in [5, 5.41) is 3.75. The molecule has 0 saturated heterocycles. The first-order valence-corrected chi connectivity index (χ1v) is 10.1. The van der Waals surface area contributed by atoms with Crippen LogP contribution >= 0.6 is 0 Å². The molecule has 0 fully saturated rings. The van der Waals surface area contributed by atoms with E-state index in [1.807, 2.05) is 0 Å². The molecule has 0 amide bonds. The smallest absolute Gasteiger partial charge is 0.435 e. The van der Waals surface area contributed by atoms with Gasteiger partial charge in [-0.25, -0.2) is 4.98 Å². The maximum Gasteiger partial charge on any atom is 0.435 e. The average molecular weight is 470 g/mol. The van der Waals surface area contributed by atoms with Crippen LogP contribution in [0.4, 0.5) is 13.2 Å². The Bertz CT molecular complexity index is 1430. The number of benzene rings is 2. The third-order valence-electron chi connectivity index (χ3n) is 5.34. The molecule has 2 aromatic heterocycles. The number of halogens is 3. The molecule has 0 aliphatic rings. The Morgan fingerprint density at radius 1 is 1.06 bits per heavy atom. The molecule has 0 radical (unpaired) electrons. The Labute approximate surface area is 192 Å². The number of ether oxygens (including phenoxy) is 2. The number of alkyl halides is 3. The van der Waals surface area contributed by atoms with Crippen molar-refractivity contribution in [1.82, 2.24) is 19.3 Å². The van der Waals surface area contributed by atoms with Crippen molar-refractivity contribution in [1.29, 1.82) is 0 Å². The van der Waals surface area contributed by atoms with Crippen molar-refractivity contribution in [3.63, 3.8) is 0 Å². The molecule has 0 aliphatic heterocycles. The van der Waals surface area contributed by atoms with Gasteiger partial charge in [-0.15, -0.1) is 0 Å². The molecule has 4 rings (SSSR count). The number of hydrogen-bond donors (Lipinski definition) is 0. The lowest BCUT2D eigenvalue weighted by Crippen LogP contribution is -2.21. The van der Waals surface area contributed by atoms with Crippen LogP contribution in [0, 0.1) is 0 Å². The summed E-state index contributed by atoms with van der Waals surface area (Å²) in [5.41, 5.74) is -0.105. The fourth-order valence-electron chi connectivity index (χ4n) is 3.78. The topological polar surface area (TPSA) is 71.2 Å². The van der Waals surface area contributed by atoms with Gasteiger partial charge in [0.05, 0.1) is 38.0 Å². The van der Waals surface area contributed by atoms with E-state index >= 15 is 0 Å². The molecule has 0 unspecified atom stereocenters. The van der Waals surface area contributed by atoms with Crippen molar-refractivity contribution >= 4 is 17.0 Å². The van der Waals surface area contributed by atoms with Gasteiger partial charge in [0.15, 0.2) is 5.69 Å². The highest BCUT2D eigenvalue weighted by Crippen LogP contribution is 2.38. The number of methoxy groups -OCH3 is 2. The predicted molar refractivity (Wildman–Crippen MR) is 122 cm³/mol. The Balaban J connectivity index is 1.90. The second-order valence-corrected chi connectivity index (χ2v) is 7.63. The zero-order valence-corrected chi connectivity index (χ0v) is 18.7.